The number of hydrogen-bond acceptors (Lipinski definition) is 3. The molecule has 0 aliphatic heterocycles. The molecule has 0 atom stereocenters. The van der Waals surface area contributed by atoms with E-state index in [4.69, 9.17) is 5.26 Å². The topological polar surface area (TPSA) is 36.7 Å². The summed E-state index contributed by atoms with van der Waals surface area (Å²) in [4.78, 5) is 0.846. The van der Waals surface area contributed by atoms with Crippen LogP contribution >= 0.6 is 11.5 Å². The van der Waals surface area contributed by atoms with Crippen molar-refractivity contribution in [1.82, 2.24) is 4.37 Å². The zero-order valence-corrected chi connectivity index (χ0v) is 6.20. The Hall–Kier alpha value is -1.32. The summed E-state index contributed by atoms with van der Waals surface area (Å²) in [5, 5.41) is 8.09. The van der Waals surface area contributed by atoms with Crippen molar-refractivity contribution in [1.29, 1.82) is 5.26 Å². The van der Waals surface area contributed by atoms with Gasteiger partial charge in [-0.25, -0.2) is 0 Å². The van der Waals surface area contributed by atoms with Gasteiger partial charge in [0, 0.05) is 5.92 Å². The predicted molar refractivity (Wildman–Crippen MR) is 39.3 cm³/mol. The molecule has 1 heterocycles. The van der Waals surface area contributed by atoms with Crippen LogP contribution in [-0.2, 0) is 0 Å². The summed E-state index contributed by atoms with van der Waals surface area (Å²) in [5.41, 5.74) is 0.951. The van der Waals surface area contributed by atoms with Gasteiger partial charge >= 0.3 is 0 Å². The van der Waals surface area contributed by atoms with Gasteiger partial charge in [-0.1, -0.05) is 0 Å². The summed E-state index contributed by atoms with van der Waals surface area (Å²) in [7, 11) is 0. The monoisotopic (exact) mass is 148 g/mol. The van der Waals surface area contributed by atoms with E-state index < -0.39 is 0 Å². The molecule has 1 rings (SSSR count). The van der Waals surface area contributed by atoms with E-state index in [0.717, 1.165) is 10.6 Å². The van der Waals surface area contributed by atoms with Crippen molar-refractivity contribution >= 4 is 11.5 Å². The van der Waals surface area contributed by atoms with Gasteiger partial charge in [-0.2, -0.15) is 9.64 Å². The van der Waals surface area contributed by atoms with Crippen molar-refractivity contribution in [3.8, 4) is 17.9 Å². The molecule has 2 nitrogen and oxygen atoms in total. The highest BCUT2D eigenvalue weighted by molar-refractivity contribution is 7.06. The molecule has 0 N–H and O–H groups in total. The average Bonchev–Trinajstić information content (AvgIpc) is 2.31. The van der Waals surface area contributed by atoms with Gasteiger partial charge in [0.2, 0.25) is 0 Å². The van der Waals surface area contributed by atoms with Crippen LogP contribution in [0.15, 0.2) is 6.07 Å². The Morgan fingerprint density at radius 3 is 3.00 bits per heavy atom. The molecule has 0 spiro atoms. The molecule has 0 fully saturated rings. The van der Waals surface area contributed by atoms with E-state index in [0.29, 0.717) is 0 Å². The Labute approximate surface area is 63.3 Å². The molecule has 48 valence electrons. The van der Waals surface area contributed by atoms with Crippen molar-refractivity contribution < 1.29 is 0 Å². The first-order valence-corrected chi connectivity index (χ1v) is 3.43. The third-order valence-electron chi connectivity index (χ3n) is 0.870. The smallest absolute Gasteiger partial charge is 0.152 e. The minimum atomic E-state index is 0.846. The molecule has 0 saturated carbocycles. The van der Waals surface area contributed by atoms with Crippen LogP contribution < -0.4 is 0 Å². The molecule has 0 amide bonds. The highest BCUT2D eigenvalue weighted by atomic mass is 32.1. The van der Waals surface area contributed by atoms with Crippen molar-refractivity contribution in [3.63, 3.8) is 0 Å². The van der Waals surface area contributed by atoms with Gasteiger partial charge < -0.3 is 0 Å². The Morgan fingerprint density at radius 1 is 1.70 bits per heavy atom. The summed E-state index contributed by atoms with van der Waals surface area (Å²) in [6, 6.07) is 3.60. The fourth-order valence-corrected chi connectivity index (χ4v) is 1.13. The number of aromatic nitrogens is 1. The number of rotatable bonds is 0. The minimum absolute atomic E-state index is 0.846. The van der Waals surface area contributed by atoms with Gasteiger partial charge in [-0.3, -0.25) is 0 Å². The fourth-order valence-electron chi connectivity index (χ4n) is 0.512. The summed E-state index contributed by atoms with van der Waals surface area (Å²) >= 11 is 1.31. The molecule has 0 unspecified atom stereocenters. The number of hydrogen-bond donors (Lipinski definition) is 0. The first-order valence-electron chi connectivity index (χ1n) is 2.66. The third kappa shape index (κ3) is 1.58. The third-order valence-corrected chi connectivity index (χ3v) is 1.67. The van der Waals surface area contributed by atoms with Crippen LogP contribution in [0.1, 0.15) is 10.6 Å². The molecule has 1 aromatic rings. The SMILES string of the molecule is Cc1cc(C#CC#N)sn1. The minimum Gasteiger partial charge on any atom is -0.197 e. The van der Waals surface area contributed by atoms with E-state index in [1.165, 1.54) is 11.5 Å². The average molecular weight is 148 g/mol. The van der Waals surface area contributed by atoms with E-state index in [9.17, 15) is 0 Å². The maximum absolute atomic E-state index is 8.09. The van der Waals surface area contributed by atoms with Gasteiger partial charge in [0.05, 0.1) is 10.6 Å². The lowest BCUT2D eigenvalue weighted by Crippen LogP contribution is -1.61. The highest BCUT2D eigenvalue weighted by Gasteiger charge is 1.90. The number of nitrogens with zero attached hydrogens (tertiary/aromatic N) is 2. The maximum atomic E-state index is 8.09. The van der Waals surface area contributed by atoms with Gasteiger partial charge in [0.1, 0.15) is 0 Å². The first-order chi connectivity index (χ1) is 4.83. The normalized spacial score (nSPS) is 7.60. The lowest BCUT2D eigenvalue weighted by molar-refractivity contribution is 1.35. The molecule has 0 radical (unpaired) electrons. The highest BCUT2D eigenvalue weighted by Crippen LogP contribution is 2.05. The second kappa shape index (κ2) is 3.00. The van der Waals surface area contributed by atoms with E-state index >= 15 is 0 Å². The summed E-state index contributed by atoms with van der Waals surface area (Å²) in [6.45, 7) is 1.90. The van der Waals surface area contributed by atoms with Gasteiger partial charge in [0.15, 0.2) is 6.07 Å². The van der Waals surface area contributed by atoms with Crippen molar-refractivity contribution in [2.75, 3.05) is 0 Å². The molecule has 0 aromatic carbocycles. The van der Waals surface area contributed by atoms with Crippen LogP contribution in [0.25, 0.3) is 0 Å². The molecular weight excluding hydrogens is 144 g/mol. The zero-order chi connectivity index (χ0) is 7.40. The van der Waals surface area contributed by atoms with E-state index in [-0.39, 0.29) is 0 Å². The van der Waals surface area contributed by atoms with Gasteiger partial charge in [0.25, 0.3) is 0 Å². The van der Waals surface area contributed by atoms with Crippen molar-refractivity contribution in [2.45, 2.75) is 6.92 Å². The molecule has 10 heavy (non-hydrogen) atoms. The second-order valence-corrected chi connectivity index (χ2v) is 2.50. The van der Waals surface area contributed by atoms with Crippen LogP contribution in [0.5, 0.6) is 0 Å². The van der Waals surface area contributed by atoms with Crippen molar-refractivity contribution in [2.24, 2.45) is 0 Å². The predicted octanol–water partition coefficient (Wildman–Crippen LogP) is 1.33. The van der Waals surface area contributed by atoms with Crippen LogP contribution in [0, 0.1) is 30.1 Å². The molecule has 0 bridgehead atoms. The zero-order valence-electron chi connectivity index (χ0n) is 5.38. The molecule has 3 heteroatoms. The Balaban J connectivity index is 2.89. The maximum Gasteiger partial charge on any atom is 0.152 e. The van der Waals surface area contributed by atoms with Gasteiger partial charge in [-0.05, 0) is 30.4 Å². The Bertz CT molecular complexity index is 321. The largest absolute Gasteiger partial charge is 0.197 e. The van der Waals surface area contributed by atoms with Crippen LogP contribution in [-0.4, -0.2) is 4.37 Å². The number of nitriles is 1. The Kier molecular flexibility index (Phi) is 2.04. The quantitative estimate of drug-likeness (QED) is 0.520. The molecule has 0 aliphatic rings. The first kappa shape index (κ1) is 6.80. The lowest BCUT2D eigenvalue weighted by Gasteiger charge is -1.68. The number of aryl methyl sites for hydroxylation is 1. The second-order valence-electron chi connectivity index (χ2n) is 1.69. The van der Waals surface area contributed by atoms with Crippen molar-refractivity contribution in [3.05, 3.63) is 16.6 Å². The van der Waals surface area contributed by atoms with Crippen LogP contribution in [0.3, 0.4) is 0 Å². The lowest BCUT2D eigenvalue weighted by atomic mass is 10.4. The van der Waals surface area contributed by atoms with E-state index in [1.807, 2.05) is 13.0 Å². The molecular formula is C7H4N2S. The Morgan fingerprint density at radius 2 is 2.50 bits per heavy atom. The fraction of sp³-hybridized carbons (Fsp3) is 0.143. The molecule has 1 aromatic heterocycles. The van der Waals surface area contributed by atoms with Crippen LogP contribution in [0.4, 0.5) is 0 Å². The van der Waals surface area contributed by atoms with E-state index in [1.54, 1.807) is 6.07 Å². The van der Waals surface area contributed by atoms with E-state index in [2.05, 4.69) is 16.2 Å². The van der Waals surface area contributed by atoms with Crippen LogP contribution in [0.2, 0.25) is 0 Å². The standard InChI is InChI=1S/C7H4N2S/c1-6-5-7(10-9-6)3-2-4-8/h5H,1H3. The summed E-state index contributed by atoms with van der Waals surface area (Å²) < 4.78 is 4.00. The molecule has 0 saturated heterocycles. The summed E-state index contributed by atoms with van der Waals surface area (Å²) in [5.74, 6) is 4.96. The molecule has 0 aliphatic carbocycles. The van der Waals surface area contributed by atoms with Gasteiger partial charge in [-0.15, -0.1) is 0 Å². The summed E-state index contributed by atoms with van der Waals surface area (Å²) in [6.07, 6.45) is 0.